The van der Waals surface area contributed by atoms with Crippen LogP contribution in [0.3, 0.4) is 0 Å². The fraction of sp³-hybridized carbons (Fsp3) is 0.375. The van der Waals surface area contributed by atoms with Crippen LogP contribution in [0.15, 0.2) is 53.6 Å². The molecule has 0 spiro atoms. The van der Waals surface area contributed by atoms with Crippen LogP contribution in [0.1, 0.15) is 25.3 Å². The minimum Gasteiger partial charge on any atom is -0.497 e. The molecule has 1 aliphatic carbocycles. The lowest BCUT2D eigenvalue weighted by Crippen LogP contribution is -2.36. The summed E-state index contributed by atoms with van der Waals surface area (Å²) in [7, 11) is 1.58. The summed E-state index contributed by atoms with van der Waals surface area (Å²) in [4.78, 5) is 43.9. The highest BCUT2D eigenvalue weighted by atomic mass is 16.5. The third kappa shape index (κ3) is 4.30. The lowest BCUT2D eigenvalue weighted by atomic mass is 10.1. The number of nitrogens with one attached hydrogen (secondary N) is 1. The molecule has 34 heavy (non-hydrogen) atoms. The lowest BCUT2D eigenvalue weighted by molar-refractivity contribution is -0.126. The second-order valence-corrected chi connectivity index (χ2v) is 8.57. The zero-order chi connectivity index (χ0) is 23.7. The van der Waals surface area contributed by atoms with E-state index in [-0.39, 0.29) is 43.1 Å². The number of carbonyl (C=O) groups is 2. The van der Waals surface area contributed by atoms with Crippen molar-refractivity contribution >= 4 is 17.5 Å². The molecular weight excluding hydrogens is 436 g/mol. The van der Waals surface area contributed by atoms with E-state index >= 15 is 0 Å². The standard InChI is InChI=1S/C24H26N6O4/c1-34-20-8-6-18(7-9-20)28-15-17(13-21(28)31)23(32)26-11-12-29-24(33)30(19-4-5-19)22(27-29)16-3-2-10-25-14-16/h2-3,6-10,14,17,19H,4-5,11-13,15H2,1H3,(H,26,32). The molecule has 2 aliphatic rings. The van der Waals surface area contributed by atoms with E-state index in [1.54, 1.807) is 53.2 Å². The molecule has 1 unspecified atom stereocenters. The predicted octanol–water partition coefficient (Wildman–Crippen LogP) is 1.62. The Morgan fingerprint density at radius 2 is 1.97 bits per heavy atom. The van der Waals surface area contributed by atoms with Crippen LogP contribution in [0.4, 0.5) is 5.69 Å². The summed E-state index contributed by atoms with van der Waals surface area (Å²) >= 11 is 0. The normalized spacial score (nSPS) is 17.7. The number of benzene rings is 1. The van der Waals surface area contributed by atoms with Gasteiger partial charge in [-0.05, 0) is 49.2 Å². The molecule has 1 saturated heterocycles. The van der Waals surface area contributed by atoms with Crippen molar-refractivity contribution in [3.8, 4) is 17.1 Å². The number of hydrogen-bond donors (Lipinski definition) is 1. The van der Waals surface area contributed by atoms with Crippen LogP contribution < -0.4 is 20.6 Å². The van der Waals surface area contributed by atoms with Gasteiger partial charge in [-0.25, -0.2) is 9.48 Å². The number of rotatable bonds is 8. The quantitative estimate of drug-likeness (QED) is 0.545. The van der Waals surface area contributed by atoms with Crippen LogP contribution in [0.2, 0.25) is 0 Å². The average molecular weight is 463 g/mol. The monoisotopic (exact) mass is 462 g/mol. The first-order valence-electron chi connectivity index (χ1n) is 11.4. The summed E-state index contributed by atoms with van der Waals surface area (Å²) in [6.45, 7) is 0.818. The third-order valence-electron chi connectivity index (χ3n) is 6.21. The zero-order valence-electron chi connectivity index (χ0n) is 18.9. The van der Waals surface area contributed by atoms with Crippen LogP contribution in [-0.4, -0.2) is 51.3 Å². The first kappa shape index (κ1) is 21.9. The number of ether oxygens (including phenoxy) is 1. The SMILES string of the molecule is COc1ccc(N2CC(C(=O)NCCn3nc(-c4cccnc4)n(C4CC4)c3=O)CC2=O)cc1. The van der Waals surface area contributed by atoms with Crippen LogP contribution in [-0.2, 0) is 16.1 Å². The molecule has 2 fully saturated rings. The van der Waals surface area contributed by atoms with Crippen molar-refractivity contribution in [2.45, 2.75) is 31.8 Å². The van der Waals surface area contributed by atoms with Crippen molar-refractivity contribution in [3.05, 3.63) is 59.3 Å². The molecule has 1 aliphatic heterocycles. The molecule has 1 N–H and O–H groups in total. The molecule has 1 aromatic carbocycles. The van der Waals surface area contributed by atoms with Gasteiger partial charge >= 0.3 is 5.69 Å². The van der Waals surface area contributed by atoms with E-state index in [0.717, 1.165) is 24.1 Å². The van der Waals surface area contributed by atoms with E-state index in [4.69, 9.17) is 4.74 Å². The smallest absolute Gasteiger partial charge is 0.346 e. The Bertz CT molecular complexity index is 1250. The van der Waals surface area contributed by atoms with Gasteiger partial charge < -0.3 is 15.0 Å². The van der Waals surface area contributed by atoms with Gasteiger partial charge in [-0.3, -0.25) is 19.1 Å². The summed E-state index contributed by atoms with van der Waals surface area (Å²) in [6.07, 6.45) is 5.43. The highest BCUT2D eigenvalue weighted by molar-refractivity contribution is 6.00. The van der Waals surface area contributed by atoms with Crippen LogP contribution in [0.25, 0.3) is 11.4 Å². The van der Waals surface area contributed by atoms with Crippen molar-refractivity contribution in [1.29, 1.82) is 0 Å². The Kier molecular flexibility index (Phi) is 5.87. The molecular formula is C24H26N6O4. The molecule has 10 heteroatoms. The first-order valence-corrected chi connectivity index (χ1v) is 11.4. The molecule has 1 saturated carbocycles. The predicted molar refractivity (Wildman–Crippen MR) is 124 cm³/mol. The maximum atomic E-state index is 12.9. The summed E-state index contributed by atoms with van der Waals surface area (Å²) < 4.78 is 8.27. The fourth-order valence-corrected chi connectivity index (χ4v) is 4.24. The fourth-order valence-electron chi connectivity index (χ4n) is 4.24. The average Bonchev–Trinajstić information content (AvgIpc) is 3.55. The molecule has 5 rings (SSSR count). The first-order chi connectivity index (χ1) is 16.5. The molecule has 176 valence electrons. The number of amides is 2. The van der Waals surface area contributed by atoms with E-state index in [2.05, 4.69) is 15.4 Å². The molecule has 0 bridgehead atoms. The Morgan fingerprint density at radius 1 is 1.18 bits per heavy atom. The van der Waals surface area contributed by atoms with Gasteiger partial charge in [0.2, 0.25) is 11.8 Å². The molecule has 2 amide bonds. The summed E-state index contributed by atoms with van der Waals surface area (Å²) in [5, 5.41) is 7.38. The topological polar surface area (TPSA) is 111 Å². The Morgan fingerprint density at radius 3 is 2.65 bits per heavy atom. The summed E-state index contributed by atoms with van der Waals surface area (Å²) in [5.41, 5.74) is 1.34. The van der Waals surface area contributed by atoms with Crippen molar-refractivity contribution in [2.75, 3.05) is 25.1 Å². The Hall–Kier alpha value is -3.95. The Balaban J connectivity index is 1.21. The molecule has 10 nitrogen and oxygen atoms in total. The van der Waals surface area contributed by atoms with Crippen molar-refractivity contribution in [3.63, 3.8) is 0 Å². The minimum absolute atomic E-state index is 0.0918. The minimum atomic E-state index is -0.443. The van der Waals surface area contributed by atoms with Gasteiger partial charge in [0.25, 0.3) is 0 Å². The van der Waals surface area contributed by atoms with Gasteiger partial charge in [-0.2, -0.15) is 0 Å². The van der Waals surface area contributed by atoms with Crippen molar-refractivity contribution < 1.29 is 14.3 Å². The van der Waals surface area contributed by atoms with Crippen molar-refractivity contribution in [2.24, 2.45) is 5.92 Å². The van der Waals surface area contributed by atoms with E-state index in [0.29, 0.717) is 18.1 Å². The highest BCUT2D eigenvalue weighted by Gasteiger charge is 2.35. The van der Waals surface area contributed by atoms with Gasteiger partial charge in [-0.15, -0.1) is 5.10 Å². The van der Waals surface area contributed by atoms with Gasteiger partial charge in [0.15, 0.2) is 5.82 Å². The van der Waals surface area contributed by atoms with Gasteiger partial charge in [0.1, 0.15) is 5.75 Å². The molecule has 2 aromatic heterocycles. The number of carbonyl (C=O) groups excluding carboxylic acids is 2. The van der Waals surface area contributed by atoms with Crippen LogP contribution in [0, 0.1) is 5.92 Å². The number of anilines is 1. The van der Waals surface area contributed by atoms with E-state index in [9.17, 15) is 14.4 Å². The number of aromatic nitrogens is 4. The lowest BCUT2D eigenvalue weighted by Gasteiger charge is -2.17. The van der Waals surface area contributed by atoms with Crippen molar-refractivity contribution in [1.82, 2.24) is 24.6 Å². The van der Waals surface area contributed by atoms with Gasteiger partial charge in [0, 0.05) is 49.2 Å². The maximum absolute atomic E-state index is 12.9. The Labute approximate surface area is 196 Å². The summed E-state index contributed by atoms with van der Waals surface area (Å²) in [5.74, 6) is 0.567. The van der Waals surface area contributed by atoms with Crippen LogP contribution in [0.5, 0.6) is 5.75 Å². The molecule has 3 heterocycles. The molecule has 3 aromatic rings. The number of nitrogens with zero attached hydrogens (tertiary/aromatic N) is 5. The number of pyridine rings is 1. The van der Waals surface area contributed by atoms with Crippen LogP contribution >= 0.6 is 0 Å². The molecule has 1 atom stereocenters. The summed E-state index contributed by atoms with van der Waals surface area (Å²) in [6, 6.07) is 11.0. The number of methoxy groups -OCH3 is 1. The van der Waals surface area contributed by atoms with E-state index in [1.165, 1.54) is 4.68 Å². The second-order valence-electron chi connectivity index (χ2n) is 8.57. The largest absolute Gasteiger partial charge is 0.497 e. The van der Waals surface area contributed by atoms with Gasteiger partial charge in [0.05, 0.1) is 19.6 Å². The maximum Gasteiger partial charge on any atom is 0.346 e. The zero-order valence-corrected chi connectivity index (χ0v) is 18.9. The third-order valence-corrected chi connectivity index (χ3v) is 6.21. The highest BCUT2D eigenvalue weighted by Crippen LogP contribution is 2.36. The van der Waals surface area contributed by atoms with E-state index in [1.807, 2.05) is 12.1 Å². The van der Waals surface area contributed by atoms with Gasteiger partial charge in [-0.1, -0.05) is 0 Å². The second kappa shape index (κ2) is 9.12. The van der Waals surface area contributed by atoms with E-state index < -0.39 is 5.92 Å². The molecule has 0 radical (unpaired) electrons. The number of hydrogen-bond acceptors (Lipinski definition) is 6.